The van der Waals surface area contributed by atoms with E-state index in [0.717, 1.165) is 0 Å². The Morgan fingerprint density at radius 2 is 1.74 bits per heavy atom. The molecule has 114 valence electrons. The number of anilines is 2. The minimum Gasteiger partial charge on any atom is -0.396 e. The summed E-state index contributed by atoms with van der Waals surface area (Å²) in [6.07, 6.45) is 4.11. The van der Waals surface area contributed by atoms with Crippen LogP contribution in [0.3, 0.4) is 0 Å². The Labute approximate surface area is 131 Å². The summed E-state index contributed by atoms with van der Waals surface area (Å²) in [4.78, 5) is 24.0. The molecule has 0 saturated carbocycles. The smallest absolute Gasteiger partial charge is 0.260 e. The molecule has 2 aromatic heterocycles. The Morgan fingerprint density at radius 1 is 1.04 bits per heavy atom. The van der Waals surface area contributed by atoms with Gasteiger partial charge in [0.15, 0.2) is 5.82 Å². The highest BCUT2D eigenvalue weighted by atomic mass is 19.1. The van der Waals surface area contributed by atoms with Crippen LogP contribution in [0, 0.1) is 5.82 Å². The molecule has 0 aliphatic rings. The van der Waals surface area contributed by atoms with E-state index < -0.39 is 5.91 Å². The van der Waals surface area contributed by atoms with E-state index >= 15 is 0 Å². The van der Waals surface area contributed by atoms with E-state index in [4.69, 9.17) is 5.73 Å². The van der Waals surface area contributed by atoms with E-state index in [1.54, 1.807) is 24.3 Å². The van der Waals surface area contributed by atoms with Gasteiger partial charge in [0, 0.05) is 18.0 Å². The molecule has 0 atom stereocenters. The van der Waals surface area contributed by atoms with E-state index in [2.05, 4.69) is 20.3 Å². The summed E-state index contributed by atoms with van der Waals surface area (Å²) in [5, 5.41) is 2.62. The first-order valence-corrected chi connectivity index (χ1v) is 6.72. The molecule has 2 heterocycles. The van der Waals surface area contributed by atoms with Crippen molar-refractivity contribution in [3.63, 3.8) is 0 Å². The first kappa shape index (κ1) is 14.6. The van der Waals surface area contributed by atoms with E-state index in [0.29, 0.717) is 22.5 Å². The molecule has 0 spiro atoms. The van der Waals surface area contributed by atoms with E-state index in [-0.39, 0.29) is 11.6 Å². The van der Waals surface area contributed by atoms with E-state index in [1.807, 2.05) is 0 Å². The van der Waals surface area contributed by atoms with Crippen LogP contribution in [0.15, 0.2) is 55.1 Å². The predicted molar refractivity (Wildman–Crippen MR) is 84.0 cm³/mol. The lowest BCUT2D eigenvalue weighted by Crippen LogP contribution is -2.15. The summed E-state index contributed by atoms with van der Waals surface area (Å²) in [5.41, 5.74) is 7.74. The number of pyridine rings is 1. The zero-order valence-corrected chi connectivity index (χ0v) is 11.9. The van der Waals surface area contributed by atoms with Crippen LogP contribution in [0.2, 0.25) is 0 Å². The van der Waals surface area contributed by atoms with E-state index in [1.165, 1.54) is 30.9 Å². The third-order valence-corrected chi connectivity index (χ3v) is 3.12. The van der Waals surface area contributed by atoms with Crippen molar-refractivity contribution in [3.8, 4) is 11.3 Å². The minimum absolute atomic E-state index is 0.223. The number of hydrogen-bond acceptors (Lipinski definition) is 5. The molecule has 0 bridgehead atoms. The summed E-state index contributed by atoms with van der Waals surface area (Å²) in [5.74, 6) is -0.525. The van der Waals surface area contributed by atoms with Crippen LogP contribution in [0.5, 0.6) is 0 Å². The van der Waals surface area contributed by atoms with Gasteiger partial charge in [-0.05, 0) is 36.4 Å². The van der Waals surface area contributed by atoms with Crippen LogP contribution in [0.1, 0.15) is 10.4 Å². The molecular formula is C16H12FN5O. The fourth-order valence-corrected chi connectivity index (χ4v) is 1.95. The quantitative estimate of drug-likeness (QED) is 0.775. The second kappa shape index (κ2) is 6.18. The first-order valence-electron chi connectivity index (χ1n) is 6.72. The van der Waals surface area contributed by atoms with Gasteiger partial charge in [-0.25, -0.2) is 19.3 Å². The van der Waals surface area contributed by atoms with Gasteiger partial charge in [0.05, 0.1) is 16.9 Å². The molecule has 0 fully saturated rings. The Bertz CT molecular complexity index is 837. The molecule has 0 aliphatic heterocycles. The predicted octanol–water partition coefficient (Wildman–Crippen LogP) is 2.51. The number of hydrogen-bond donors (Lipinski definition) is 2. The second-order valence-electron chi connectivity index (χ2n) is 4.72. The van der Waals surface area contributed by atoms with Gasteiger partial charge in [-0.3, -0.25) is 4.79 Å². The molecule has 6 nitrogen and oxygen atoms in total. The van der Waals surface area contributed by atoms with Gasteiger partial charge in [0.2, 0.25) is 0 Å². The average molecular weight is 309 g/mol. The lowest BCUT2D eigenvalue weighted by atomic mass is 10.1. The van der Waals surface area contributed by atoms with Crippen LogP contribution in [-0.4, -0.2) is 20.9 Å². The summed E-state index contributed by atoms with van der Waals surface area (Å²) in [7, 11) is 0. The summed E-state index contributed by atoms with van der Waals surface area (Å²) >= 11 is 0. The molecule has 0 aliphatic carbocycles. The standard InChI is InChI=1S/C16H12FN5O/c17-12-3-1-10(2-4-12)14-6-5-13(18)15(21-14)22-16(23)11-7-19-9-20-8-11/h1-9H,18H2,(H,21,22,23). The number of halogens is 1. The van der Waals surface area contributed by atoms with Crippen LogP contribution >= 0.6 is 0 Å². The van der Waals surface area contributed by atoms with Crippen LogP contribution < -0.4 is 11.1 Å². The number of carbonyl (C=O) groups excluding carboxylic acids is 1. The SMILES string of the molecule is Nc1ccc(-c2ccc(F)cc2)nc1NC(=O)c1cncnc1. The minimum atomic E-state index is -0.416. The third kappa shape index (κ3) is 3.29. The molecule has 3 rings (SSSR count). The van der Waals surface area contributed by atoms with Gasteiger partial charge < -0.3 is 11.1 Å². The third-order valence-electron chi connectivity index (χ3n) is 3.12. The van der Waals surface area contributed by atoms with Crippen molar-refractivity contribution in [3.05, 3.63) is 66.5 Å². The molecule has 7 heteroatoms. The molecule has 3 aromatic rings. The molecular weight excluding hydrogens is 297 g/mol. The zero-order chi connectivity index (χ0) is 16.2. The zero-order valence-electron chi connectivity index (χ0n) is 11.9. The number of amides is 1. The maximum absolute atomic E-state index is 13.0. The van der Waals surface area contributed by atoms with Crippen molar-refractivity contribution >= 4 is 17.4 Å². The lowest BCUT2D eigenvalue weighted by molar-refractivity contribution is 0.102. The van der Waals surface area contributed by atoms with Crippen LogP contribution in [0.25, 0.3) is 11.3 Å². The summed E-state index contributed by atoms with van der Waals surface area (Å²) < 4.78 is 13.0. The molecule has 0 unspecified atom stereocenters. The van der Waals surface area contributed by atoms with Crippen LogP contribution in [0.4, 0.5) is 15.9 Å². The number of aromatic nitrogens is 3. The second-order valence-corrected chi connectivity index (χ2v) is 4.72. The number of nitrogens with zero attached hydrogens (tertiary/aromatic N) is 3. The van der Waals surface area contributed by atoms with Gasteiger partial charge in [0.1, 0.15) is 12.1 Å². The Hall–Kier alpha value is -3.35. The van der Waals surface area contributed by atoms with Crippen molar-refractivity contribution in [2.24, 2.45) is 0 Å². The number of nitrogens with two attached hydrogens (primary N) is 1. The van der Waals surface area contributed by atoms with Gasteiger partial charge >= 0.3 is 0 Å². The topological polar surface area (TPSA) is 93.8 Å². The normalized spacial score (nSPS) is 10.3. The molecule has 23 heavy (non-hydrogen) atoms. The number of nitrogen functional groups attached to an aromatic ring is 1. The van der Waals surface area contributed by atoms with Crippen molar-refractivity contribution in [2.45, 2.75) is 0 Å². The average Bonchev–Trinajstić information content (AvgIpc) is 2.58. The lowest BCUT2D eigenvalue weighted by Gasteiger charge is -2.09. The number of carbonyl (C=O) groups is 1. The summed E-state index contributed by atoms with van der Waals surface area (Å²) in [6, 6.07) is 9.21. The van der Waals surface area contributed by atoms with Gasteiger partial charge in [-0.2, -0.15) is 0 Å². The molecule has 0 saturated heterocycles. The highest BCUT2D eigenvalue weighted by molar-refractivity contribution is 6.04. The molecule has 3 N–H and O–H groups in total. The highest BCUT2D eigenvalue weighted by Crippen LogP contribution is 2.23. The monoisotopic (exact) mass is 309 g/mol. The Kier molecular flexibility index (Phi) is 3.92. The fraction of sp³-hybridized carbons (Fsp3) is 0. The van der Waals surface area contributed by atoms with Crippen molar-refractivity contribution in [2.75, 3.05) is 11.1 Å². The van der Waals surface area contributed by atoms with Crippen LogP contribution in [-0.2, 0) is 0 Å². The molecule has 1 aromatic carbocycles. The maximum atomic E-state index is 13.0. The van der Waals surface area contributed by atoms with Gasteiger partial charge in [0.25, 0.3) is 5.91 Å². The van der Waals surface area contributed by atoms with Gasteiger partial charge in [-0.15, -0.1) is 0 Å². The Morgan fingerprint density at radius 3 is 2.43 bits per heavy atom. The van der Waals surface area contributed by atoms with E-state index in [9.17, 15) is 9.18 Å². The maximum Gasteiger partial charge on any atom is 0.260 e. The van der Waals surface area contributed by atoms with Gasteiger partial charge in [-0.1, -0.05) is 0 Å². The number of rotatable bonds is 3. The first-order chi connectivity index (χ1) is 11.1. The molecule has 1 amide bonds. The largest absolute Gasteiger partial charge is 0.396 e. The molecule has 0 radical (unpaired) electrons. The van der Waals surface area contributed by atoms with Crippen molar-refractivity contribution < 1.29 is 9.18 Å². The fourth-order valence-electron chi connectivity index (χ4n) is 1.95. The number of benzene rings is 1. The Balaban J connectivity index is 1.89. The summed E-state index contributed by atoms with van der Waals surface area (Å²) in [6.45, 7) is 0. The number of nitrogens with one attached hydrogen (secondary N) is 1. The van der Waals surface area contributed by atoms with Crippen molar-refractivity contribution in [1.29, 1.82) is 0 Å². The van der Waals surface area contributed by atoms with Crippen molar-refractivity contribution in [1.82, 2.24) is 15.0 Å². The highest BCUT2D eigenvalue weighted by Gasteiger charge is 2.11.